The molecule has 0 fully saturated rings. The zero-order chi connectivity index (χ0) is 25.9. The molecule has 4 rings (SSSR count). The Morgan fingerprint density at radius 3 is 2.53 bits per heavy atom. The third kappa shape index (κ3) is 5.25. The van der Waals surface area contributed by atoms with Gasteiger partial charge in [-0.1, -0.05) is 24.3 Å². The molecule has 4 aromatic rings. The van der Waals surface area contributed by atoms with Crippen molar-refractivity contribution in [2.24, 2.45) is 5.73 Å². The molecule has 0 saturated heterocycles. The summed E-state index contributed by atoms with van der Waals surface area (Å²) >= 11 is 0. The molecule has 186 valence electrons. The van der Waals surface area contributed by atoms with Crippen molar-refractivity contribution in [2.75, 3.05) is 18.5 Å². The van der Waals surface area contributed by atoms with Crippen LogP contribution in [0.4, 0.5) is 11.6 Å². The zero-order valence-electron chi connectivity index (χ0n) is 19.3. The summed E-state index contributed by atoms with van der Waals surface area (Å²) in [6.07, 6.45) is 1.50. The third-order valence-electron chi connectivity index (χ3n) is 5.41. The molecule has 0 spiro atoms. The second-order valence-corrected chi connectivity index (χ2v) is 9.74. The van der Waals surface area contributed by atoms with Crippen LogP contribution in [0.15, 0.2) is 70.5 Å². The second-order valence-electron chi connectivity index (χ2n) is 7.97. The van der Waals surface area contributed by atoms with E-state index in [1.165, 1.54) is 35.0 Å². The lowest BCUT2D eigenvalue weighted by Crippen LogP contribution is -2.30. The normalized spacial score (nSPS) is 11.5. The molecule has 0 atom stereocenters. The minimum Gasteiger partial charge on any atom is -0.395 e. The quantitative estimate of drug-likeness (QED) is 0.262. The second kappa shape index (κ2) is 10.2. The Morgan fingerprint density at radius 2 is 1.86 bits per heavy atom. The minimum atomic E-state index is -3.74. The number of amides is 1. The van der Waals surface area contributed by atoms with Gasteiger partial charge >= 0.3 is 0 Å². The maximum atomic E-state index is 13.4. The van der Waals surface area contributed by atoms with E-state index in [9.17, 15) is 18.0 Å². The molecule has 2 aromatic heterocycles. The number of fused-ring (bicyclic) bond motifs is 1. The first-order valence-electron chi connectivity index (χ1n) is 10.9. The molecular formula is C24H24N6O5S. The maximum absolute atomic E-state index is 13.4. The lowest BCUT2D eigenvalue weighted by Gasteiger charge is -2.15. The molecule has 36 heavy (non-hydrogen) atoms. The van der Waals surface area contributed by atoms with Crippen LogP contribution in [0.25, 0.3) is 22.2 Å². The van der Waals surface area contributed by atoms with E-state index in [2.05, 4.69) is 20.0 Å². The summed E-state index contributed by atoms with van der Waals surface area (Å²) in [6.45, 7) is 1.19. The lowest BCUT2D eigenvalue weighted by molar-refractivity contribution is -0.118. The minimum absolute atomic E-state index is 0.0269. The monoisotopic (exact) mass is 508 g/mol. The summed E-state index contributed by atoms with van der Waals surface area (Å²) in [7, 11) is -3.74. The van der Waals surface area contributed by atoms with E-state index in [0.29, 0.717) is 16.8 Å². The lowest BCUT2D eigenvalue weighted by atomic mass is 10.0. The number of aliphatic hydroxyl groups excluding tert-OH is 1. The summed E-state index contributed by atoms with van der Waals surface area (Å²) in [5, 5.41) is 12.3. The first-order chi connectivity index (χ1) is 17.2. The van der Waals surface area contributed by atoms with Crippen molar-refractivity contribution < 1.29 is 18.3 Å². The van der Waals surface area contributed by atoms with Crippen molar-refractivity contribution in [2.45, 2.75) is 18.4 Å². The number of pyridine rings is 1. The van der Waals surface area contributed by atoms with Gasteiger partial charge in [0.25, 0.3) is 5.56 Å². The van der Waals surface area contributed by atoms with E-state index in [4.69, 9.17) is 10.8 Å². The number of nitrogens with two attached hydrogens (primary N) is 1. The fourth-order valence-corrected chi connectivity index (χ4v) is 4.72. The van der Waals surface area contributed by atoms with Crippen LogP contribution in [0.5, 0.6) is 0 Å². The molecule has 12 heteroatoms. The number of hydrogen-bond donors (Lipinski definition) is 4. The van der Waals surface area contributed by atoms with Gasteiger partial charge in [-0.2, -0.15) is 0 Å². The van der Waals surface area contributed by atoms with Crippen LogP contribution >= 0.6 is 0 Å². The van der Waals surface area contributed by atoms with Crippen molar-refractivity contribution in [1.82, 2.24) is 19.3 Å². The van der Waals surface area contributed by atoms with Gasteiger partial charge in [0.1, 0.15) is 12.1 Å². The van der Waals surface area contributed by atoms with Gasteiger partial charge in [0.2, 0.25) is 21.9 Å². The Morgan fingerprint density at radius 1 is 1.14 bits per heavy atom. The number of nitrogens with one attached hydrogen (secondary N) is 2. The molecule has 0 bridgehead atoms. The van der Waals surface area contributed by atoms with Crippen molar-refractivity contribution in [1.29, 1.82) is 0 Å². The zero-order valence-corrected chi connectivity index (χ0v) is 20.1. The van der Waals surface area contributed by atoms with Crippen molar-refractivity contribution >= 4 is 38.5 Å². The SMILES string of the molecule is Cc1ccccc1-c1cc2cnc(Nc3ccc(S(=O)(=O)NCCO)cc3)nc2c(=O)n1CC(N)=O. The van der Waals surface area contributed by atoms with Crippen molar-refractivity contribution in [3.63, 3.8) is 0 Å². The van der Waals surface area contributed by atoms with Gasteiger partial charge in [-0.05, 0) is 42.8 Å². The summed E-state index contributed by atoms with van der Waals surface area (Å²) < 4.78 is 27.9. The molecule has 0 unspecified atom stereocenters. The van der Waals surface area contributed by atoms with Crippen LogP contribution < -0.4 is 21.3 Å². The molecule has 1 amide bonds. The Labute approximate surface area is 206 Å². The van der Waals surface area contributed by atoms with E-state index in [1.54, 1.807) is 6.07 Å². The number of carbonyl (C=O) groups is 1. The van der Waals surface area contributed by atoms with Gasteiger partial charge in [0.15, 0.2) is 0 Å². The predicted molar refractivity (Wildman–Crippen MR) is 135 cm³/mol. The molecular weight excluding hydrogens is 484 g/mol. The van der Waals surface area contributed by atoms with Gasteiger partial charge in [-0.15, -0.1) is 0 Å². The van der Waals surface area contributed by atoms with Crippen LogP contribution in [0.3, 0.4) is 0 Å². The Kier molecular flexibility index (Phi) is 7.10. The number of anilines is 2. The summed E-state index contributed by atoms with van der Waals surface area (Å²) in [5.74, 6) is -0.551. The molecule has 2 heterocycles. The average molecular weight is 509 g/mol. The third-order valence-corrected chi connectivity index (χ3v) is 6.88. The number of carbonyl (C=O) groups excluding carboxylic acids is 1. The predicted octanol–water partition coefficient (Wildman–Crippen LogP) is 1.27. The number of nitrogens with zero attached hydrogens (tertiary/aromatic N) is 3. The van der Waals surface area contributed by atoms with Crippen LogP contribution in [0.2, 0.25) is 0 Å². The van der Waals surface area contributed by atoms with Gasteiger partial charge in [0, 0.05) is 29.4 Å². The van der Waals surface area contributed by atoms with Crippen LogP contribution in [0, 0.1) is 6.92 Å². The van der Waals surface area contributed by atoms with E-state index in [1.807, 2.05) is 31.2 Å². The number of aryl methyl sites for hydroxylation is 1. The molecule has 0 aliphatic heterocycles. The number of benzene rings is 2. The molecule has 2 aromatic carbocycles. The Hall–Kier alpha value is -4.13. The molecule has 0 aliphatic rings. The summed E-state index contributed by atoms with van der Waals surface area (Å²) in [5.41, 5.74) is 7.74. The topological polar surface area (TPSA) is 169 Å². The van der Waals surface area contributed by atoms with Gasteiger partial charge in [0.05, 0.1) is 17.2 Å². The highest BCUT2D eigenvalue weighted by Gasteiger charge is 2.17. The number of aliphatic hydroxyl groups is 1. The highest BCUT2D eigenvalue weighted by atomic mass is 32.2. The van der Waals surface area contributed by atoms with Crippen LogP contribution in [-0.2, 0) is 21.4 Å². The number of primary amides is 1. The number of aromatic nitrogens is 3. The number of sulfonamides is 1. The van der Waals surface area contributed by atoms with Crippen LogP contribution in [0.1, 0.15) is 5.56 Å². The molecule has 11 nitrogen and oxygen atoms in total. The largest absolute Gasteiger partial charge is 0.395 e. The number of hydrogen-bond acceptors (Lipinski definition) is 8. The molecule has 0 aliphatic carbocycles. The molecule has 0 saturated carbocycles. The van der Waals surface area contributed by atoms with Gasteiger partial charge in [-0.25, -0.2) is 23.1 Å². The van der Waals surface area contributed by atoms with Gasteiger partial charge < -0.3 is 16.2 Å². The van der Waals surface area contributed by atoms with Crippen LogP contribution in [-0.4, -0.2) is 47.1 Å². The standard InChI is InChI=1S/C24H24N6O5S/c1-15-4-2-3-5-19(15)20-12-16-13-26-24(29-22(16)23(33)30(20)14-21(25)32)28-17-6-8-18(9-7-17)36(34,35)27-10-11-31/h2-9,12-13,27,31H,10-11,14H2,1H3,(H2,25,32)(H,26,28,29). The maximum Gasteiger partial charge on any atom is 0.278 e. The van der Waals surface area contributed by atoms with Crippen molar-refractivity contribution in [3.8, 4) is 11.3 Å². The van der Waals surface area contributed by atoms with E-state index in [-0.39, 0.29) is 36.1 Å². The fourth-order valence-electron chi connectivity index (χ4n) is 3.70. The smallest absolute Gasteiger partial charge is 0.278 e. The van der Waals surface area contributed by atoms with E-state index in [0.717, 1.165) is 11.1 Å². The fraction of sp³-hybridized carbons (Fsp3) is 0.167. The number of rotatable bonds is 9. The molecule has 5 N–H and O–H groups in total. The van der Waals surface area contributed by atoms with Gasteiger partial charge in [-0.3, -0.25) is 14.2 Å². The average Bonchev–Trinajstić information content (AvgIpc) is 2.85. The summed E-state index contributed by atoms with van der Waals surface area (Å²) in [6, 6.07) is 15.0. The van der Waals surface area contributed by atoms with Crippen molar-refractivity contribution in [3.05, 3.63) is 76.7 Å². The summed E-state index contributed by atoms with van der Waals surface area (Å²) in [4.78, 5) is 33.8. The Bertz CT molecular complexity index is 1600. The molecule has 0 radical (unpaired) electrons. The highest BCUT2D eigenvalue weighted by Crippen LogP contribution is 2.25. The first-order valence-corrected chi connectivity index (χ1v) is 12.4. The Balaban J connectivity index is 1.71. The van der Waals surface area contributed by atoms with E-state index >= 15 is 0 Å². The highest BCUT2D eigenvalue weighted by molar-refractivity contribution is 7.89. The first kappa shape index (κ1) is 25.0. The van der Waals surface area contributed by atoms with E-state index < -0.39 is 21.5 Å².